The molecule has 0 N–H and O–H groups in total. The third-order valence-electron chi connectivity index (χ3n) is 14.5. The van der Waals surface area contributed by atoms with Gasteiger partial charge in [0.25, 0.3) is 0 Å². The zero-order chi connectivity index (χ0) is 46.9. The van der Waals surface area contributed by atoms with E-state index in [0.717, 1.165) is 78.1 Å². The minimum absolute atomic E-state index is 0.116. The number of rotatable bonds is 10. The van der Waals surface area contributed by atoms with Crippen LogP contribution < -0.4 is 15.9 Å². The van der Waals surface area contributed by atoms with Gasteiger partial charge in [-0.1, -0.05) is 262 Å². The average molecular weight is 920 g/mol. The zero-order valence-electron chi connectivity index (χ0n) is 38.8. The van der Waals surface area contributed by atoms with Gasteiger partial charge in [-0.2, -0.15) is 0 Å². The molecule has 336 valence electrons. The number of nitrogens with zero attached hydrogens (tertiary/aromatic N) is 3. The van der Waals surface area contributed by atoms with Crippen molar-refractivity contribution in [1.29, 1.82) is 0 Å². The highest BCUT2D eigenvalue weighted by Crippen LogP contribution is 2.47. The number of aromatic nitrogens is 3. The molecule has 0 bridgehead atoms. The molecule has 70 heavy (non-hydrogen) atoms. The Morgan fingerprint density at radius 1 is 0.300 bits per heavy atom. The quantitative estimate of drug-likeness (QED) is 0.101. The van der Waals surface area contributed by atoms with Crippen molar-refractivity contribution in [3.63, 3.8) is 0 Å². The second-order valence-corrected chi connectivity index (χ2v) is 21.3. The summed E-state index contributed by atoms with van der Waals surface area (Å²) in [4.78, 5) is 15.8. The number of fused-ring (bicyclic) bond motifs is 2. The molecule has 1 aromatic heterocycles. The van der Waals surface area contributed by atoms with Crippen LogP contribution in [0.25, 0.3) is 78.0 Å². The molecule has 0 amide bonds. The molecule has 0 unspecified atom stereocenters. The molecule has 1 fully saturated rings. The Balaban J connectivity index is 0.908. The van der Waals surface area contributed by atoms with Gasteiger partial charge < -0.3 is 4.57 Å². The highest BCUT2D eigenvalue weighted by molar-refractivity contribution is 7.85. The fourth-order valence-electron chi connectivity index (χ4n) is 11.0. The molecule has 1 heterocycles. The molecule has 0 atom stereocenters. The van der Waals surface area contributed by atoms with E-state index in [2.05, 4.69) is 164 Å². The highest BCUT2D eigenvalue weighted by atomic mass is 31.2. The van der Waals surface area contributed by atoms with E-state index in [-0.39, 0.29) is 5.41 Å². The van der Waals surface area contributed by atoms with E-state index in [0.29, 0.717) is 17.5 Å². The zero-order valence-corrected chi connectivity index (χ0v) is 39.7. The summed E-state index contributed by atoms with van der Waals surface area (Å²) in [6.07, 6.45) is 5.77. The van der Waals surface area contributed by atoms with Gasteiger partial charge >= 0.3 is 0 Å². The average Bonchev–Trinajstić information content (AvgIpc) is 3.45. The van der Waals surface area contributed by atoms with Gasteiger partial charge in [-0.3, -0.25) is 0 Å². The molecule has 1 aliphatic rings. The van der Waals surface area contributed by atoms with Gasteiger partial charge in [-0.05, 0) is 67.8 Å². The van der Waals surface area contributed by atoms with Crippen LogP contribution in [0.4, 0.5) is 0 Å². The van der Waals surface area contributed by atoms with E-state index in [1.807, 2.05) is 78.9 Å². The summed E-state index contributed by atoms with van der Waals surface area (Å²) >= 11 is 0. The van der Waals surface area contributed by atoms with Crippen molar-refractivity contribution in [3.8, 4) is 56.4 Å². The minimum Gasteiger partial charge on any atom is -0.309 e. The lowest BCUT2D eigenvalue weighted by atomic mass is 9.65. The Kier molecular flexibility index (Phi) is 11.4. The molecule has 0 radical (unpaired) electrons. The first-order valence-corrected chi connectivity index (χ1v) is 26.1. The molecule has 0 saturated heterocycles. The first kappa shape index (κ1) is 43.3. The summed E-state index contributed by atoms with van der Waals surface area (Å²) in [7, 11) is -3.06. The van der Waals surface area contributed by atoms with E-state index in [4.69, 9.17) is 15.0 Å². The van der Waals surface area contributed by atoms with Crippen LogP contribution in [-0.4, -0.2) is 15.0 Å². The van der Waals surface area contributed by atoms with E-state index >= 15 is 4.57 Å². The maximum Gasteiger partial charge on any atom is 0.171 e. The van der Waals surface area contributed by atoms with Gasteiger partial charge in [-0.15, -0.1) is 0 Å². The second kappa shape index (κ2) is 18.5. The van der Waals surface area contributed by atoms with Gasteiger partial charge in [0.15, 0.2) is 24.6 Å². The third kappa shape index (κ3) is 7.75. The Hall–Kier alpha value is -8.04. The lowest BCUT2D eigenvalue weighted by molar-refractivity contribution is 0.346. The Bertz CT molecular complexity index is 3570. The Labute approximate surface area is 409 Å². The van der Waals surface area contributed by atoms with Gasteiger partial charge in [0.05, 0.1) is 0 Å². The molecule has 11 aromatic rings. The van der Waals surface area contributed by atoms with Crippen molar-refractivity contribution in [3.05, 3.63) is 254 Å². The van der Waals surface area contributed by atoms with E-state index in [9.17, 15) is 0 Å². The van der Waals surface area contributed by atoms with E-state index < -0.39 is 7.14 Å². The summed E-state index contributed by atoms with van der Waals surface area (Å²) in [6, 6.07) is 84.6. The molecule has 4 nitrogen and oxygen atoms in total. The van der Waals surface area contributed by atoms with Crippen LogP contribution in [0.3, 0.4) is 0 Å². The molecule has 1 saturated carbocycles. The number of hydrogen-bond acceptors (Lipinski definition) is 4. The van der Waals surface area contributed by atoms with Gasteiger partial charge in [-0.25, -0.2) is 15.0 Å². The van der Waals surface area contributed by atoms with Crippen molar-refractivity contribution in [1.82, 2.24) is 15.0 Å². The molecule has 1 aliphatic carbocycles. The van der Waals surface area contributed by atoms with Gasteiger partial charge in [0.2, 0.25) is 0 Å². The first-order valence-electron chi connectivity index (χ1n) is 24.4. The molecule has 5 heteroatoms. The fourth-order valence-corrected chi connectivity index (χ4v) is 13.7. The van der Waals surface area contributed by atoms with Crippen molar-refractivity contribution in [2.24, 2.45) is 0 Å². The van der Waals surface area contributed by atoms with Crippen LogP contribution >= 0.6 is 7.14 Å². The molecule has 12 rings (SSSR count). The molecule has 0 aliphatic heterocycles. The van der Waals surface area contributed by atoms with Crippen molar-refractivity contribution >= 4 is 44.6 Å². The minimum atomic E-state index is -3.06. The van der Waals surface area contributed by atoms with Crippen LogP contribution in [0.5, 0.6) is 0 Å². The van der Waals surface area contributed by atoms with Crippen LogP contribution in [0.2, 0.25) is 0 Å². The SMILES string of the molecule is O=P(c1ccccc1)(c1ccccc1)c1ccc(-c2ccc(C3(c4ccc(-c5nc(-c6ccccc6)nc(-c6c7ccccc7c(-c7ccccc7)c7ccccc67)n5)cc4)CCCCC3)cc2)cc1. The highest BCUT2D eigenvalue weighted by Gasteiger charge is 2.36. The summed E-state index contributed by atoms with van der Waals surface area (Å²) in [5, 5.41) is 7.04. The fraction of sp³-hybridized carbons (Fsp3) is 0.0923. The number of benzene rings is 10. The Morgan fingerprint density at radius 2 is 0.643 bits per heavy atom. The summed E-state index contributed by atoms with van der Waals surface area (Å²) in [5.74, 6) is 1.94. The van der Waals surface area contributed by atoms with Crippen molar-refractivity contribution in [2.45, 2.75) is 37.5 Å². The van der Waals surface area contributed by atoms with Crippen LogP contribution in [0.15, 0.2) is 243 Å². The van der Waals surface area contributed by atoms with E-state index in [1.54, 1.807) is 0 Å². The monoisotopic (exact) mass is 919 g/mol. The topological polar surface area (TPSA) is 55.7 Å². The van der Waals surface area contributed by atoms with Crippen LogP contribution in [-0.2, 0) is 9.98 Å². The second-order valence-electron chi connectivity index (χ2n) is 18.5. The maximum absolute atomic E-state index is 15.0. The molecular formula is C65H50N3OP. The predicted molar refractivity (Wildman–Crippen MR) is 292 cm³/mol. The molecule has 10 aromatic carbocycles. The van der Waals surface area contributed by atoms with Crippen molar-refractivity contribution in [2.75, 3.05) is 0 Å². The summed E-state index contributed by atoms with van der Waals surface area (Å²) in [5.41, 5.74) is 10.1. The Morgan fingerprint density at radius 3 is 1.11 bits per heavy atom. The lowest BCUT2D eigenvalue weighted by Gasteiger charge is -2.39. The number of hydrogen-bond donors (Lipinski definition) is 0. The summed E-state index contributed by atoms with van der Waals surface area (Å²) in [6.45, 7) is 0. The molecule has 0 spiro atoms. The van der Waals surface area contributed by atoms with Gasteiger partial charge in [0.1, 0.15) is 0 Å². The van der Waals surface area contributed by atoms with E-state index in [1.165, 1.54) is 41.5 Å². The van der Waals surface area contributed by atoms with Crippen LogP contribution in [0.1, 0.15) is 43.2 Å². The third-order valence-corrected chi connectivity index (χ3v) is 17.6. The van der Waals surface area contributed by atoms with Crippen LogP contribution in [0, 0.1) is 0 Å². The maximum atomic E-state index is 15.0. The first-order chi connectivity index (χ1) is 34.6. The largest absolute Gasteiger partial charge is 0.309 e. The predicted octanol–water partition coefficient (Wildman–Crippen LogP) is 15.4. The molecular weight excluding hydrogens is 870 g/mol. The standard InChI is InChI=1S/C65H50N3OP/c69-70(53-24-10-3-11-25-53,54-26-12-4-13-27-54)55-42-36-47(37-43-55)46-32-38-51(39-33-46)65(44-18-5-19-45-65)52-40-34-50(35-41-52)63-66-62(49-22-8-2-9-23-49)67-64(68-63)61-58-30-16-14-28-56(58)60(48-20-6-1-7-21-48)57-29-15-17-31-59(57)61/h1-4,6-17,20-43H,5,18-19,44-45H2. The normalized spacial score (nSPS) is 13.6. The smallest absolute Gasteiger partial charge is 0.171 e. The van der Waals surface area contributed by atoms with Crippen molar-refractivity contribution < 1.29 is 4.57 Å². The summed E-state index contributed by atoms with van der Waals surface area (Å²) < 4.78 is 15.0. The van der Waals surface area contributed by atoms with Gasteiger partial charge in [0, 0.05) is 38.0 Å². The lowest BCUT2D eigenvalue weighted by Crippen LogP contribution is -2.30.